The number of amidine groups is 1. The number of phenolic OH excluding ortho intramolecular Hbond substituents is 1. The van der Waals surface area contributed by atoms with E-state index in [-0.39, 0.29) is 10.8 Å². The Kier molecular flexibility index (Phi) is 5.05. The summed E-state index contributed by atoms with van der Waals surface area (Å²) in [5, 5.41) is 20.5. The van der Waals surface area contributed by atoms with Gasteiger partial charge in [-0.3, -0.25) is 0 Å². The molecular weight excluding hydrogens is 318 g/mol. The largest absolute Gasteiger partial charge is 0.507 e. The molecule has 0 aliphatic carbocycles. The van der Waals surface area contributed by atoms with Crippen LogP contribution in [0.25, 0.3) is 0 Å². The second-order valence-electron chi connectivity index (χ2n) is 8.53. The van der Waals surface area contributed by atoms with E-state index in [9.17, 15) is 5.11 Å². The Morgan fingerprint density at radius 1 is 0.958 bits per heavy atom. The number of benzene rings is 1. The molecule has 0 unspecified atom stereocenters. The molecule has 1 aromatic rings. The van der Waals surface area contributed by atoms with Crippen LogP contribution in [0.4, 0.5) is 0 Å². The summed E-state index contributed by atoms with van der Waals surface area (Å²) in [6, 6.07) is 4.14. The Bertz CT molecular complexity index is 657. The molecule has 0 atom stereocenters. The summed E-state index contributed by atoms with van der Waals surface area (Å²) in [4.78, 5) is 1.98. The minimum absolute atomic E-state index is 0.138. The van der Waals surface area contributed by atoms with Gasteiger partial charge in [-0.15, -0.1) is 5.10 Å². The van der Waals surface area contributed by atoms with Crippen LogP contribution in [-0.4, -0.2) is 40.7 Å². The molecule has 4 nitrogen and oxygen atoms in total. The van der Waals surface area contributed by atoms with Crippen LogP contribution in [0.3, 0.4) is 0 Å². The van der Waals surface area contributed by atoms with Gasteiger partial charge in [0.1, 0.15) is 5.75 Å². The summed E-state index contributed by atoms with van der Waals surface area (Å²) < 4.78 is 0. The average molecular weight is 348 g/mol. The molecule has 2 rings (SSSR count). The van der Waals surface area contributed by atoms with E-state index >= 15 is 0 Å². The number of nitrogens with zero attached hydrogens (tertiary/aromatic N) is 3. The highest BCUT2D eigenvalue weighted by atomic mass is 32.2. The normalized spacial score (nSPS) is 15.8. The molecule has 1 heterocycles. The second-order valence-corrected chi connectivity index (χ2v) is 9.47. The lowest BCUT2D eigenvalue weighted by atomic mass is 9.78. The van der Waals surface area contributed by atoms with Gasteiger partial charge in [0.15, 0.2) is 5.17 Å². The van der Waals surface area contributed by atoms with Crippen LogP contribution < -0.4 is 0 Å². The summed E-state index contributed by atoms with van der Waals surface area (Å²) in [5.41, 5.74) is 3.65. The van der Waals surface area contributed by atoms with E-state index in [0.717, 1.165) is 33.3 Å². The minimum atomic E-state index is -0.138. The molecule has 0 saturated heterocycles. The van der Waals surface area contributed by atoms with E-state index in [0.29, 0.717) is 5.75 Å². The zero-order valence-electron chi connectivity index (χ0n) is 16.1. The zero-order chi connectivity index (χ0) is 18.3. The fraction of sp³-hybridized carbons (Fsp3) is 0.579. The molecule has 132 valence electrons. The maximum Gasteiger partial charge on any atom is 0.185 e. The second kappa shape index (κ2) is 6.43. The van der Waals surface area contributed by atoms with Gasteiger partial charge < -0.3 is 10.0 Å². The van der Waals surface area contributed by atoms with Crippen LogP contribution in [0.2, 0.25) is 0 Å². The van der Waals surface area contributed by atoms with E-state index < -0.39 is 0 Å². The van der Waals surface area contributed by atoms with E-state index in [1.54, 1.807) is 11.8 Å². The Balaban J connectivity index is 2.60. The van der Waals surface area contributed by atoms with Crippen molar-refractivity contribution < 1.29 is 5.11 Å². The van der Waals surface area contributed by atoms with Crippen molar-refractivity contribution in [3.8, 4) is 5.75 Å². The molecule has 0 radical (unpaired) electrons. The van der Waals surface area contributed by atoms with Gasteiger partial charge >= 0.3 is 0 Å². The maximum atomic E-state index is 10.8. The molecule has 0 aromatic heterocycles. The topological polar surface area (TPSA) is 48.2 Å². The third-order valence-corrected chi connectivity index (χ3v) is 5.16. The molecule has 1 aromatic carbocycles. The summed E-state index contributed by atoms with van der Waals surface area (Å²) >= 11 is 1.69. The molecule has 1 N–H and O–H groups in total. The number of phenols is 1. The van der Waals surface area contributed by atoms with Crippen LogP contribution in [0, 0.1) is 0 Å². The van der Waals surface area contributed by atoms with Crippen LogP contribution in [0.15, 0.2) is 22.3 Å². The Hall–Kier alpha value is -1.49. The van der Waals surface area contributed by atoms with E-state index in [1.807, 2.05) is 19.0 Å². The molecule has 0 spiro atoms. The van der Waals surface area contributed by atoms with Gasteiger partial charge in [0.2, 0.25) is 0 Å². The quantitative estimate of drug-likeness (QED) is 0.821. The fourth-order valence-corrected chi connectivity index (χ4v) is 3.44. The first-order chi connectivity index (χ1) is 10.9. The number of rotatable bonds is 1. The van der Waals surface area contributed by atoms with Crippen molar-refractivity contribution in [1.82, 2.24) is 4.90 Å². The van der Waals surface area contributed by atoms with Crippen LogP contribution >= 0.6 is 11.8 Å². The van der Waals surface area contributed by atoms with Crippen molar-refractivity contribution >= 4 is 22.6 Å². The summed E-state index contributed by atoms with van der Waals surface area (Å²) in [7, 11) is 3.95. The summed E-state index contributed by atoms with van der Waals surface area (Å²) in [6.45, 7) is 12.7. The van der Waals surface area contributed by atoms with Gasteiger partial charge in [-0.25, -0.2) is 0 Å². The van der Waals surface area contributed by atoms with Crippen molar-refractivity contribution in [2.75, 3.05) is 19.8 Å². The number of thioether (sulfide) groups is 1. The van der Waals surface area contributed by atoms with Crippen LogP contribution in [0.5, 0.6) is 5.75 Å². The van der Waals surface area contributed by atoms with Gasteiger partial charge in [-0.1, -0.05) is 53.3 Å². The van der Waals surface area contributed by atoms with E-state index in [1.165, 1.54) is 0 Å². The molecule has 0 amide bonds. The monoisotopic (exact) mass is 347 g/mol. The smallest absolute Gasteiger partial charge is 0.185 e. The molecular formula is C19H29N3OS. The van der Waals surface area contributed by atoms with Gasteiger partial charge in [0.05, 0.1) is 5.71 Å². The zero-order valence-corrected chi connectivity index (χ0v) is 16.9. The van der Waals surface area contributed by atoms with Crippen molar-refractivity contribution in [2.24, 2.45) is 10.2 Å². The predicted octanol–water partition coefficient (Wildman–Crippen LogP) is 4.36. The number of hydrogen-bond donors (Lipinski definition) is 1. The molecule has 1 aliphatic rings. The van der Waals surface area contributed by atoms with Crippen molar-refractivity contribution in [3.63, 3.8) is 0 Å². The number of aromatic hydroxyl groups is 1. The SMILES string of the molecule is CN(C)C1=NN=C(c2cc(C(C)(C)C)c(O)c(C(C)(C)C)c2)CS1. The van der Waals surface area contributed by atoms with Gasteiger partial charge in [0, 0.05) is 31.0 Å². The third-order valence-electron chi connectivity index (χ3n) is 4.04. The van der Waals surface area contributed by atoms with E-state index in [4.69, 9.17) is 0 Å². The van der Waals surface area contributed by atoms with Gasteiger partial charge in [0.25, 0.3) is 0 Å². The predicted molar refractivity (Wildman–Crippen MR) is 106 cm³/mol. The molecule has 24 heavy (non-hydrogen) atoms. The lowest BCUT2D eigenvalue weighted by molar-refractivity contribution is 0.423. The molecule has 1 aliphatic heterocycles. The van der Waals surface area contributed by atoms with E-state index in [2.05, 4.69) is 63.9 Å². The molecule has 0 bridgehead atoms. The summed E-state index contributed by atoms with van der Waals surface area (Å²) in [6.07, 6.45) is 0. The summed E-state index contributed by atoms with van der Waals surface area (Å²) in [5.74, 6) is 1.19. The first-order valence-corrected chi connectivity index (χ1v) is 9.23. The molecule has 0 saturated carbocycles. The molecule has 0 fully saturated rings. The Morgan fingerprint density at radius 3 is 1.79 bits per heavy atom. The standard InChI is InChI=1S/C19H29N3OS/c1-18(2,3)13-9-12(10-14(16(13)23)19(4,5)6)15-11-24-17(21-20-15)22(7)8/h9-10,23H,11H2,1-8H3. The minimum Gasteiger partial charge on any atom is -0.507 e. The van der Waals surface area contributed by atoms with Crippen LogP contribution in [-0.2, 0) is 10.8 Å². The first kappa shape index (κ1) is 18.8. The van der Waals surface area contributed by atoms with Gasteiger partial charge in [-0.2, -0.15) is 5.10 Å². The lowest BCUT2D eigenvalue weighted by Crippen LogP contribution is -2.24. The highest BCUT2D eigenvalue weighted by molar-refractivity contribution is 8.14. The average Bonchev–Trinajstić information content (AvgIpc) is 2.45. The Morgan fingerprint density at radius 2 is 1.46 bits per heavy atom. The molecule has 5 heteroatoms. The highest BCUT2D eigenvalue weighted by Crippen LogP contribution is 2.40. The van der Waals surface area contributed by atoms with Crippen molar-refractivity contribution in [2.45, 2.75) is 52.4 Å². The maximum absolute atomic E-state index is 10.8. The van der Waals surface area contributed by atoms with Gasteiger partial charge in [-0.05, 0) is 28.5 Å². The lowest BCUT2D eigenvalue weighted by Gasteiger charge is -2.28. The number of hydrogen-bond acceptors (Lipinski definition) is 5. The highest BCUT2D eigenvalue weighted by Gasteiger charge is 2.28. The Labute approximate surface area is 150 Å². The third kappa shape index (κ3) is 3.94. The fourth-order valence-electron chi connectivity index (χ4n) is 2.60. The van der Waals surface area contributed by atoms with Crippen LogP contribution in [0.1, 0.15) is 58.2 Å². The first-order valence-electron chi connectivity index (χ1n) is 8.24. The van der Waals surface area contributed by atoms with Crippen molar-refractivity contribution in [1.29, 1.82) is 0 Å². The van der Waals surface area contributed by atoms with Crippen molar-refractivity contribution in [3.05, 3.63) is 28.8 Å².